The van der Waals surface area contributed by atoms with Gasteiger partial charge in [-0.2, -0.15) is 0 Å². The Labute approximate surface area is 141 Å². The SMILES string of the molecule is CNc1cc(C)c2oc(-c3ccc(-c4ccccc4)cc3)nc2c1. The summed E-state index contributed by atoms with van der Waals surface area (Å²) < 4.78 is 5.99. The van der Waals surface area contributed by atoms with Crippen molar-refractivity contribution < 1.29 is 4.42 Å². The number of hydrogen-bond acceptors (Lipinski definition) is 3. The van der Waals surface area contributed by atoms with Gasteiger partial charge in [-0.3, -0.25) is 0 Å². The Bertz CT molecular complexity index is 986. The summed E-state index contributed by atoms with van der Waals surface area (Å²) >= 11 is 0. The highest BCUT2D eigenvalue weighted by Gasteiger charge is 2.11. The summed E-state index contributed by atoms with van der Waals surface area (Å²) in [6.07, 6.45) is 0. The van der Waals surface area contributed by atoms with Crippen LogP contribution in [0.2, 0.25) is 0 Å². The van der Waals surface area contributed by atoms with Crippen molar-refractivity contribution in [3.63, 3.8) is 0 Å². The molecular weight excluding hydrogens is 296 g/mol. The van der Waals surface area contributed by atoms with E-state index >= 15 is 0 Å². The van der Waals surface area contributed by atoms with Gasteiger partial charge in [-0.15, -0.1) is 0 Å². The lowest BCUT2D eigenvalue weighted by molar-refractivity contribution is 0.617. The van der Waals surface area contributed by atoms with Crippen LogP contribution in [-0.4, -0.2) is 12.0 Å². The number of rotatable bonds is 3. The van der Waals surface area contributed by atoms with Crippen LogP contribution in [0.25, 0.3) is 33.7 Å². The Kier molecular flexibility index (Phi) is 3.54. The van der Waals surface area contributed by atoms with Crippen LogP contribution in [0.4, 0.5) is 5.69 Å². The maximum absolute atomic E-state index is 5.99. The van der Waals surface area contributed by atoms with Crippen molar-refractivity contribution in [1.82, 2.24) is 4.98 Å². The number of aryl methyl sites for hydroxylation is 1. The molecule has 24 heavy (non-hydrogen) atoms. The topological polar surface area (TPSA) is 38.1 Å². The van der Waals surface area contributed by atoms with Gasteiger partial charge in [0.2, 0.25) is 5.89 Å². The molecule has 0 bridgehead atoms. The highest BCUT2D eigenvalue weighted by atomic mass is 16.3. The van der Waals surface area contributed by atoms with Crippen LogP contribution in [0.15, 0.2) is 71.1 Å². The second-order valence-electron chi connectivity index (χ2n) is 5.85. The minimum absolute atomic E-state index is 0.654. The molecule has 3 nitrogen and oxygen atoms in total. The van der Waals surface area contributed by atoms with Crippen molar-refractivity contribution in [3.8, 4) is 22.6 Å². The molecule has 0 aliphatic carbocycles. The smallest absolute Gasteiger partial charge is 0.227 e. The number of fused-ring (bicyclic) bond motifs is 1. The van der Waals surface area contributed by atoms with Crippen molar-refractivity contribution in [2.45, 2.75) is 6.92 Å². The third kappa shape index (κ3) is 2.54. The van der Waals surface area contributed by atoms with Crippen LogP contribution in [-0.2, 0) is 0 Å². The van der Waals surface area contributed by atoms with E-state index in [-0.39, 0.29) is 0 Å². The van der Waals surface area contributed by atoms with Crippen molar-refractivity contribution in [2.75, 3.05) is 12.4 Å². The van der Waals surface area contributed by atoms with E-state index in [4.69, 9.17) is 4.42 Å². The Morgan fingerprint density at radius 1 is 0.833 bits per heavy atom. The standard InChI is InChI=1S/C21H18N2O/c1-14-12-18(22-2)13-19-20(14)24-21(23-19)17-10-8-16(9-11-17)15-6-4-3-5-7-15/h3-13,22H,1-2H3. The first-order valence-corrected chi connectivity index (χ1v) is 7.99. The first-order chi connectivity index (χ1) is 11.7. The Balaban J connectivity index is 1.73. The predicted molar refractivity (Wildman–Crippen MR) is 99.2 cm³/mol. The molecule has 4 aromatic rings. The molecule has 0 amide bonds. The zero-order valence-electron chi connectivity index (χ0n) is 13.7. The molecule has 0 spiro atoms. The second kappa shape index (κ2) is 5.85. The third-order valence-corrected chi connectivity index (χ3v) is 4.20. The Morgan fingerprint density at radius 2 is 1.50 bits per heavy atom. The lowest BCUT2D eigenvalue weighted by Gasteiger charge is -2.02. The van der Waals surface area contributed by atoms with Crippen molar-refractivity contribution in [3.05, 3.63) is 72.3 Å². The van der Waals surface area contributed by atoms with Crippen molar-refractivity contribution >= 4 is 16.8 Å². The molecule has 0 radical (unpaired) electrons. The van der Waals surface area contributed by atoms with E-state index in [1.54, 1.807) is 0 Å². The lowest BCUT2D eigenvalue weighted by Crippen LogP contribution is -1.88. The van der Waals surface area contributed by atoms with Gasteiger partial charge in [0.25, 0.3) is 0 Å². The molecule has 0 fully saturated rings. The van der Waals surface area contributed by atoms with Crippen LogP contribution in [0.5, 0.6) is 0 Å². The molecule has 0 saturated carbocycles. The van der Waals surface area contributed by atoms with E-state index in [0.717, 1.165) is 27.9 Å². The molecule has 1 N–H and O–H groups in total. The molecule has 0 unspecified atom stereocenters. The maximum Gasteiger partial charge on any atom is 0.227 e. The second-order valence-corrected chi connectivity index (χ2v) is 5.85. The van der Waals surface area contributed by atoms with Gasteiger partial charge < -0.3 is 9.73 Å². The van der Waals surface area contributed by atoms with E-state index in [1.807, 2.05) is 38.2 Å². The highest BCUT2D eigenvalue weighted by Crippen LogP contribution is 2.30. The van der Waals surface area contributed by atoms with Gasteiger partial charge in [0.15, 0.2) is 5.58 Å². The number of oxazole rings is 1. The highest BCUT2D eigenvalue weighted by molar-refractivity contribution is 5.83. The lowest BCUT2D eigenvalue weighted by atomic mass is 10.0. The van der Waals surface area contributed by atoms with Gasteiger partial charge in [0, 0.05) is 18.3 Å². The first-order valence-electron chi connectivity index (χ1n) is 7.99. The summed E-state index contributed by atoms with van der Waals surface area (Å²) in [6.45, 7) is 2.04. The fourth-order valence-corrected chi connectivity index (χ4v) is 2.90. The predicted octanol–water partition coefficient (Wildman–Crippen LogP) is 5.51. The van der Waals surface area contributed by atoms with E-state index in [0.29, 0.717) is 5.89 Å². The van der Waals surface area contributed by atoms with Crippen molar-refractivity contribution in [2.24, 2.45) is 0 Å². The minimum Gasteiger partial charge on any atom is -0.436 e. The number of aromatic nitrogens is 1. The summed E-state index contributed by atoms with van der Waals surface area (Å²) in [7, 11) is 1.91. The van der Waals surface area contributed by atoms with Crippen molar-refractivity contribution in [1.29, 1.82) is 0 Å². The van der Waals surface area contributed by atoms with Gasteiger partial charge >= 0.3 is 0 Å². The molecule has 3 aromatic carbocycles. The Morgan fingerprint density at radius 3 is 2.21 bits per heavy atom. The fourth-order valence-electron chi connectivity index (χ4n) is 2.90. The van der Waals surface area contributed by atoms with Crippen LogP contribution in [0.1, 0.15) is 5.56 Å². The van der Waals surface area contributed by atoms with Gasteiger partial charge in [0.1, 0.15) is 5.52 Å². The van der Waals surface area contributed by atoms with Crippen LogP contribution in [0, 0.1) is 6.92 Å². The summed E-state index contributed by atoms with van der Waals surface area (Å²) in [5.74, 6) is 0.654. The van der Waals surface area contributed by atoms with Crippen LogP contribution < -0.4 is 5.32 Å². The van der Waals surface area contributed by atoms with Crippen LogP contribution in [0.3, 0.4) is 0 Å². The van der Waals surface area contributed by atoms with Gasteiger partial charge in [-0.25, -0.2) is 4.98 Å². The molecule has 1 aromatic heterocycles. The molecule has 0 saturated heterocycles. The summed E-state index contributed by atoms with van der Waals surface area (Å²) in [5, 5.41) is 3.15. The fraction of sp³-hybridized carbons (Fsp3) is 0.0952. The average molecular weight is 314 g/mol. The third-order valence-electron chi connectivity index (χ3n) is 4.20. The number of benzene rings is 3. The average Bonchev–Trinajstić information content (AvgIpc) is 3.07. The van der Waals surface area contributed by atoms with Gasteiger partial charge in [-0.05, 0) is 47.9 Å². The number of anilines is 1. The number of hydrogen-bond donors (Lipinski definition) is 1. The summed E-state index contributed by atoms with van der Waals surface area (Å²) in [6, 6.07) is 22.7. The maximum atomic E-state index is 5.99. The molecular formula is C21H18N2O. The molecule has 1 heterocycles. The zero-order chi connectivity index (χ0) is 16.5. The number of nitrogens with zero attached hydrogens (tertiary/aromatic N) is 1. The quantitative estimate of drug-likeness (QED) is 0.541. The van der Waals surface area contributed by atoms with E-state index in [2.05, 4.69) is 52.8 Å². The summed E-state index contributed by atoms with van der Waals surface area (Å²) in [4.78, 5) is 4.65. The molecule has 0 aliphatic heterocycles. The number of nitrogens with one attached hydrogen (secondary N) is 1. The van der Waals surface area contributed by atoms with Gasteiger partial charge in [0.05, 0.1) is 0 Å². The largest absolute Gasteiger partial charge is 0.436 e. The minimum atomic E-state index is 0.654. The molecule has 0 aliphatic rings. The summed E-state index contributed by atoms with van der Waals surface area (Å²) in [5.41, 5.74) is 7.21. The van der Waals surface area contributed by atoms with E-state index in [9.17, 15) is 0 Å². The van der Waals surface area contributed by atoms with E-state index < -0.39 is 0 Å². The van der Waals surface area contributed by atoms with Crippen LogP contribution >= 0.6 is 0 Å². The first kappa shape index (κ1) is 14.5. The molecule has 4 rings (SSSR count). The molecule has 0 atom stereocenters. The monoisotopic (exact) mass is 314 g/mol. The van der Waals surface area contributed by atoms with Gasteiger partial charge in [-0.1, -0.05) is 42.5 Å². The molecule has 3 heteroatoms. The molecule has 118 valence electrons. The normalized spacial score (nSPS) is 10.9. The Hall–Kier alpha value is -3.07. The zero-order valence-corrected chi connectivity index (χ0v) is 13.7. The van der Waals surface area contributed by atoms with E-state index in [1.165, 1.54) is 11.1 Å².